The molecule has 0 aliphatic rings. The maximum atomic E-state index is 9.81. The first kappa shape index (κ1) is 14.2. The number of rotatable bonds is 4. The summed E-state index contributed by atoms with van der Waals surface area (Å²) >= 11 is 0. The Morgan fingerprint density at radius 1 is 1.12 bits per heavy atom. The summed E-state index contributed by atoms with van der Waals surface area (Å²) in [5, 5.41) is 9.81. The summed E-state index contributed by atoms with van der Waals surface area (Å²) in [6, 6.07) is 4.44. The van der Waals surface area contributed by atoms with E-state index in [2.05, 4.69) is 44.9 Å². The van der Waals surface area contributed by atoms with Crippen molar-refractivity contribution in [3.8, 4) is 0 Å². The van der Waals surface area contributed by atoms with Gasteiger partial charge in [0.05, 0.1) is 5.60 Å². The minimum atomic E-state index is -0.638. The molecule has 0 aromatic heterocycles. The summed E-state index contributed by atoms with van der Waals surface area (Å²) in [6.45, 7) is 11.7. The third kappa shape index (κ3) is 4.49. The van der Waals surface area contributed by atoms with Gasteiger partial charge in [-0.1, -0.05) is 17.7 Å². The van der Waals surface area contributed by atoms with Gasteiger partial charge in [-0.2, -0.15) is 0 Å². The first-order chi connectivity index (χ1) is 7.69. The van der Waals surface area contributed by atoms with E-state index in [0.717, 1.165) is 6.54 Å². The quantitative estimate of drug-likeness (QED) is 0.867. The zero-order valence-electron chi connectivity index (χ0n) is 12.0. The fourth-order valence-corrected chi connectivity index (χ4v) is 2.45. The van der Waals surface area contributed by atoms with Crippen LogP contribution >= 0.6 is 0 Å². The molecular formula is C15H25NO. The number of benzene rings is 1. The number of aliphatic hydroxyl groups is 1. The van der Waals surface area contributed by atoms with Gasteiger partial charge >= 0.3 is 0 Å². The Labute approximate surface area is 105 Å². The van der Waals surface area contributed by atoms with Gasteiger partial charge in [0.1, 0.15) is 0 Å². The number of hydrogen-bond acceptors (Lipinski definition) is 2. The van der Waals surface area contributed by atoms with Crippen LogP contribution in [0.1, 0.15) is 36.1 Å². The lowest BCUT2D eigenvalue weighted by atomic mass is 9.99. The van der Waals surface area contributed by atoms with Crippen molar-refractivity contribution in [1.82, 2.24) is 4.90 Å². The highest BCUT2D eigenvalue weighted by molar-refractivity contribution is 5.37. The number of hydrogen-bond donors (Lipinski definition) is 1. The number of nitrogens with zero attached hydrogens (tertiary/aromatic N) is 1. The Hall–Kier alpha value is -0.860. The minimum absolute atomic E-state index is 0.638. The van der Waals surface area contributed by atoms with Gasteiger partial charge in [0.15, 0.2) is 0 Å². The molecular weight excluding hydrogens is 210 g/mol. The van der Waals surface area contributed by atoms with E-state index in [1.54, 1.807) is 0 Å². The standard InChI is InChI=1S/C15H25NO/c1-11-7-12(2)14(13(3)8-11)9-16(6)10-15(4,5)17/h7-8,17H,9-10H2,1-6H3. The van der Waals surface area contributed by atoms with Crippen LogP contribution in [0.5, 0.6) is 0 Å². The van der Waals surface area contributed by atoms with Gasteiger partial charge in [-0.05, 0) is 58.4 Å². The van der Waals surface area contributed by atoms with Crippen LogP contribution in [0.25, 0.3) is 0 Å². The second-order valence-corrected chi connectivity index (χ2v) is 5.86. The van der Waals surface area contributed by atoms with Crippen LogP contribution in [0.15, 0.2) is 12.1 Å². The van der Waals surface area contributed by atoms with Crippen molar-refractivity contribution >= 4 is 0 Å². The molecule has 17 heavy (non-hydrogen) atoms. The smallest absolute Gasteiger partial charge is 0.0718 e. The summed E-state index contributed by atoms with van der Waals surface area (Å²) in [5.74, 6) is 0. The fourth-order valence-electron chi connectivity index (χ4n) is 2.45. The molecule has 0 aliphatic carbocycles. The van der Waals surface area contributed by atoms with Crippen LogP contribution in [0, 0.1) is 20.8 Å². The zero-order valence-corrected chi connectivity index (χ0v) is 12.0. The van der Waals surface area contributed by atoms with Gasteiger partial charge in [0, 0.05) is 13.1 Å². The molecule has 0 heterocycles. The molecule has 0 atom stereocenters. The Balaban J connectivity index is 2.82. The van der Waals surface area contributed by atoms with Crippen LogP contribution in [0.3, 0.4) is 0 Å². The molecule has 1 rings (SSSR count). The molecule has 0 radical (unpaired) electrons. The van der Waals surface area contributed by atoms with E-state index in [-0.39, 0.29) is 0 Å². The molecule has 0 saturated heterocycles. The Morgan fingerprint density at radius 2 is 1.59 bits per heavy atom. The van der Waals surface area contributed by atoms with Crippen molar-refractivity contribution in [2.45, 2.75) is 46.8 Å². The largest absolute Gasteiger partial charge is 0.389 e. The molecule has 0 amide bonds. The lowest BCUT2D eigenvalue weighted by Crippen LogP contribution is -2.36. The number of likely N-dealkylation sites (N-methyl/N-ethyl adjacent to an activating group) is 1. The van der Waals surface area contributed by atoms with Crippen LogP contribution < -0.4 is 0 Å². The van der Waals surface area contributed by atoms with Crippen molar-refractivity contribution in [3.05, 3.63) is 34.4 Å². The topological polar surface area (TPSA) is 23.5 Å². The Kier molecular flexibility index (Phi) is 4.34. The second kappa shape index (κ2) is 5.19. The molecule has 0 aliphatic heterocycles. The lowest BCUT2D eigenvalue weighted by Gasteiger charge is -2.26. The third-order valence-electron chi connectivity index (χ3n) is 2.93. The summed E-state index contributed by atoms with van der Waals surface area (Å²) < 4.78 is 0. The fraction of sp³-hybridized carbons (Fsp3) is 0.600. The molecule has 0 unspecified atom stereocenters. The molecule has 2 nitrogen and oxygen atoms in total. The van der Waals surface area contributed by atoms with Crippen molar-refractivity contribution < 1.29 is 5.11 Å². The third-order valence-corrected chi connectivity index (χ3v) is 2.93. The Morgan fingerprint density at radius 3 is 2.00 bits per heavy atom. The maximum absolute atomic E-state index is 9.81. The minimum Gasteiger partial charge on any atom is -0.389 e. The molecule has 1 N–H and O–H groups in total. The molecule has 0 spiro atoms. The zero-order chi connectivity index (χ0) is 13.2. The average Bonchev–Trinajstić information content (AvgIpc) is 2.08. The molecule has 96 valence electrons. The molecule has 0 bridgehead atoms. The first-order valence-electron chi connectivity index (χ1n) is 6.17. The maximum Gasteiger partial charge on any atom is 0.0718 e. The first-order valence-corrected chi connectivity index (χ1v) is 6.17. The van der Waals surface area contributed by atoms with E-state index < -0.39 is 5.60 Å². The molecule has 2 heteroatoms. The van der Waals surface area contributed by atoms with Crippen molar-refractivity contribution in [1.29, 1.82) is 0 Å². The van der Waals surface area contributed by atoms with Gasteiger partial charge in [-0.3, -0.25) is 4.90 Å². The highest BCUT2D eigenvalue weighted by Gasteiger charge is 2.16. The lowest BCUT2D eigenvalue weighted by molar-refractivity contribution is 0.0424. The van der Waals surface area contributed by atoms with Crippen molar-refractivity contribution in [2.24, 2.45) is 0 Å². The highest BCUT2D eigenvalue weighted by atomic mass is 16.3. The van der Waals surface area contributed by atoms with Gasteiger partial charge in [-0.15, -0.1) is 0 Å². The monoisotopic (exact) mass is 235 g/mol. The van der Waals surface area contributed by atoms with Gasteiger partial charge in [-0.25, -0.2) is 0 Å². The van der Waals surface area contributed by atoms with Crippen LogP contribution in [-0.2, 0) is 6.54 Å². The SMILES string of the molecule is Cc1cc(C)c(CN(C)CC(C)(C)O)c(C)c1. The van der Waals surface area contributed by atoms with E-state index in [4.69, 9.17) is 0 Å². The van der Waals surface area contributed by atoms with E-state index in [1.807, 2.05) is 13.8 Å². The number of aryl methyl sites for hydroxylation is 3. The summed E-state index contributed by atoms with van der Waals surface area (Å²) in [4.78, 5) is 2.17. The molecule has 0 saturated carbocycles. The van der Waals surface area contributed by atoms with Crippen molar-refractivity contribution in [3.63, 3.8) is 0 Å². The van der Waals surface area contributed by atoms with E-state index >= 15 is 0 Å². The van der Waals surface area contributed by atoms with E-state index in [9.17, 15) is 5.11 Å². The van der Waals surface area contributed by atoms with Crippen LogP contribution in [0.2, 0.25) is 0 Å². The highest BCUT2D eigenvalue weighted by Crippen LogP contribution is 2.18. The summed E-state index contributed by atoms with van der Waals surface area (Å²) in [7, 11) is 2.05. The van der Waals surface area contributed by atoms with Gasteiger partial charge < -0.3 is 5.11 Å². The molecule has 1 aromatic carbocycles. The predicted molar refractivity (Wildman–Crippen MR) is 73.3 cm³/mol. The van der Waals surface area contributed by atoms with Gasteiger partial charge in [0.25, 0.3) is 0 Å². The normalized spacial score (nSPS) is 12.2. The van der Waals surface area contributed by atoms with Crippen LogP contribution in [-0.4, -0.2) is 29.2 Å². The van der Waals surface area contributed by atoms with Gasteiger partial charge in [0.2, 0.25) is 0 Å². The summed E-state index contributed by atoms with van der Waals surface area (Å²) in [5.41, 5.74) is 4.73. The average molecular weight is 235 g/mol. The summed E-state index contributed by atoms with van der Waals surface area (Å²) in [6.07, 6.45) is 0. The molecule has 0 fully saturated rings. The van der Waals surface area contributed by atoms with E-state index in [0.29, 0.717) is 6.54 Å². The molecule has 1 aromatic rings. The Bertz CT molecular complexity index is 367. The second-order valence-electron chi connectivity index (χ2n) is 5.86. The predicted octanol–water partition coefficient (Wildman–Crippen LogP) is 2.81. The van der Waals surface area contributed by atoms with E-state index in [1.165, 1.54) is 22.3 Å². The van der Waals surface area contributed by atoms with Crippen LogP contribution in [0.4, 0.5) is 0 Å². The van der Waals surface area contributed by atoms with Crippen molar-refractivity contribution in [2.75, 3.05) is 13.6 Å².